The first-order valence-corrected chi connectivity index (χ1v) is 10.2. The van der Waals surface area contributed by atoms with Crippen LogP contribution in [0.5, 0.6) is 0 Å². The molecule has 7 nitrogen and oxygen atoms in total. The van der Waals surface area contributed by atoms with Crippen molar-refractivity contribution in [1.82, 2.24) is 5.32 Å². The lowest BCUT2D eigenvalue weighted by atomic mass is 10.1. The standard InChI is InChI=1S/C23H27NO6/c1-14(2)21(22(26)24-13-18-5-4-12-28-18)30-23(27)20-11-10-19(29-20)17-8-6-16(7-9-17)15(3)25/h6-11,14,18,21H,4-5,12-13H2,1-3H3,(H,24,26)/t18-,21+/m0/s1. The van der Waals surface area contributed by atoms with E-state index in [1.165, 1.54) is 13.0 Å². The van der Waals surface area contributed by atoms with Gasteiger partial charge in [0, 0.05) is 24.3 Å². The van der Waals surface area contributed by atoms with Crippen LogP contribution in [0.25, 0.3) is 11.3 Å². The van der Waals surface area contributed by atoms with E-state index in [2.05, 4.69) is 5.32 Å². The second-order valence-corrected chi connectivity index (χ2v) is 7.75. The molecule has 7 heteroatoms. The molecule has 0 radical (unpaired) electrons. The van der Waals surface area contributed by atoms with E-state index < -0.39 is 12.1 Å². The molecule has 1 aliphatic rings. The summed E-state index contributed by atoms with van der Waals surface area (Å²) in [7, 11) is 0. The SMILES string of the molecule is CC(=O)c1ccc(-c2ccc(C(=O)O[C@@H](C(=O)NC[C@@H]3CCCO3)C(C)C)o2)cc1. The zero-order valence-corrected chi connectivity index (χ0v) is 17.5. The summed E-state index contributed by atoms with van der Waals surface area (Å²) >= 11 is 0. The Kier molecular flexibility index (Phi) is 7.05. The minimum absolute atomic E-state index is 0.0122. The number of amides is 1. The van der Waals surface area contributed by atoms with Crippen LogP contribution in [-0.2, 0) is 14.3 Å². The summed E-state index contributed by atoms with van der Waals surface area (Å²) in [5, 5.41) is 2.81. The highest BCUT2D eigenvalue weighted by molar-refractivity contribution is 5.94. The van der Waals surface area contributed by atoms with Gasteiger partial charge in [-0.15, -0.1) is 0 Å². The number of carbonyl (C=O) groups excluding carboxylic acids is 3. The van der Waals surface area contributed by atoms with E-state index in [1.807, 2.05) is 13.8 Å². The maximum absolute atomic E-state index is 12.5. The highest BCUT2D eigenvalue weighted by Crippen LogP contribution is 2.24. The smallest absolute Gasteiger partial charge is 0.375 e. The molecule has 0 bridgehead atoms. The van der Waals surface area contributed by atoms with Crippen molar-refractivity contribution in [3.63, 3.8) is 0 Å². The van der Waals surface area contributed by atoms with Crippen molar-refractivity contribution in [1.29, 1.82) is 0 Å². The molecule has 1 fully saturated rings. The van der Waals surface area contributed by atoms with Crippen LogP contribution in [0.15, 0.2) is 40.8 Å². The number of rotatable bonds is 8. The fraction of sp³-hybridized carbons (Fsp3) is 0.435. The van der Waals surface area contributed by atoms with Crippen LogP contribution in [0.3, 0.4) is 0 Å². The molecule has 1 aromatic heterocycles. The average Bonchev–Trinajstić information content (AvgIpc) is 3.42. The maximum atomic E-state index is 12.5. The van der Waals surface area contributed by atoms with Gasteiger partial charge in [0.15, 0.2) is 11.9 Å². The molecular weight excluding hydrogens is 386 g/mol. The van der Waals surface area contributed by atoms with E-state index in [4.69, 9.17) is 13.9 Å². The Morgan fingerprint density at radius 3 is 2.47 bits per heavy atom. The van der Waals surface area contributed by atoms with Gasteiger partial charge in [0.1, 0.15) is 5.76 Å². The van der Waals surface area contributed by atoms with Gasteiger partial charge in [-0.1, -0.05) is 38.1 Å². The third-order valence-corrected chi connectivity index (χ3v) is 5.01. The summed E-state index contributed by atoms with van der Waals surface area (Å²) in [6.07, 6.45) is 0.984. The monoisotopic (exact) mass is 413 g/mol. The zero-order chi connectivity index (χ0) is 21.7. The Labute approximate surface area is 175 Å². The van der Waals surface area contributed by atoms with Gasteiger partial charge in [-0.05, 0) is 37.8 Å². The predicted molar refractivity (Wildman–Crippen MR) is 110 cm³/mol. The number of esters is 1. The molecule has 2 aromatic rings. The van der Waals surface area contributed by atoms with Crippen LogP contribution in [0, 0.1) is 5.92 Å². The van der Waals surface area contributed by atoms with Crippen LogP contribution in [0.2, 0.25) is 0 Å². The van der Waals surface area contributed by atoms with Gasteiger partial charge < -0.3 is 19.2 Å². The molecule has 1 aromatic carbocycles. The summed E-state index contributed by atoms with van der Waals surface area (Å²) in [5.74, 6) is -0.790. The summed E-state index contributed by atoms with van der Waals surface area (Å²) in [5.41, 5.74) is 1.33. The fourth-order valence-electron chi connectivity index (χ4n) is 3.26. The Hall–Kier alpha value is -2.93. The molecule has 1 saturated heterocycles. The van der Waals surface area contributed by atoms with E-state index in [1.54, 1.807) is 30.3 Å². The van der Waals surface area contributed by atoms with Gasteiger partial charge >= 0.3 is 5.97 Å². The molecule has 0 saturated carbocycles. The van der Waals surface area contributed by atoms with Gasteiger partial charge in [-0.25, -0.2) is 4.79 Å². The number of ether oxygens (including phenoxy) is 2. The molecule has 1 N–H and O–H groups in total. The summed E-state index contributed by atoms with van der Waals surface area (Å²) < 4.78 is 16.6. The van der Waals surface area contributed by atoms with Crippen LogP contribution < -0.4 is 5.32 Å². The molecule has 1 aliphatic heterocycles. The number of benzene rings is 1. The van der Waals surface area contributed by atoms with Crippen LogP contribution in [-0.4, -0.2) is 43.0 Å². The normalized spacial score (nSPS) is 17.0. The van der Waals surface area contributed by atoms with Gasteiger partial charge in [0.2, 0.25) is 5.76 Å². The number of nitrogens with one attached hydrogen (secondary N) is 1. The van der Waals surface area contributed by atoms with Crippen molar-refractivity contribution >= 4 is 17.7 Å². The largest absolute Gasteiger partial charge is 0.449 e. The quantitative estimate of drug-likeness (QED) is 0.525. The van der Waals surface area contributed by atoms with Crippen LogP contribution in [0.1, 0.15) is 54.5 Å². The molecule has 2 atom stereocenters. The first-order chi connectivity index (χ1) is 14.3. The Morgan fingerprint density at radius 1 is 1.13 bits per heavy atom. The zero-order valence-electron chi connectivity index (χ0n) is 17.5. The lowest BCUT2D eigenvalue weighted by Crippen LogP contribution is -2.43. The topological polar surface area (TPSA) is 94.8 Å². The van der Waals surface area contributed by atoms with Gasteiger partial charge in [0.25, 0.3) is 5.91 Å². The van der Waals surface area contributed by atoms with Crippen LogP contribution >= 0.6 is 0 Å². The fourth-order valence-corrected chi connectivity index (χ4v) is 3.26. The Balaban J connectivity index is 1.63. The lowest BCUT2D eigenvalue weighted by Gasteiger charge is -2.21. The molecular formula is C23H27NO6. The van der Waals surface area contributed by atoms with Gasteiger partial charge in [-0.2, -0.15) is 0 Å². The third kappa shape index (κ3) is 5.36. The van der Waals surface area contributed by atoms with E-state index >= 15 is 0 Å². The highest BCUT2D eigenvalue weighted by atomic mass is 16.6. The van der Waals surface area contributed by atoms with Crippen molar-refractivity contribution in [2.45, 2.75) is 45.8 Å². The molecule has 0 aliphatic carbocycles. The Morgan fingerprint density at radius 2 is 1.87 bits per heavy atom. The van der Waals surface area contributed by atoms with E-state index in [0.29, 0.717) is 24.5 Å². The average molecular weight is 413 g/mol. The van der Waals surface area contributed by atoms with Crippen molar-refractivity contribution in [2.24, 2.45) is 5.92 Å². The predicted octanol–water partition coefficient (Wildman–Crippen LogP) is 3.63. The summed E-state index contributed by atoms with van der Waals surface area (Å²) in [6.45, 7) is 6.24. The van der Waals surface area contributed by atoms with Gasteiger partial charge in [-0.3, -0.25) is 9.59 Å². The number of carbonyl (C=O) groups is 3. The molecule has 30 heavy (non-hydrogen) atoms. The molecule has 0 unspecified atom stereocenters. The molecule has 2 heterocycles. The first-order valence-electron chi connectivity index (χ1n) is 10.2. The van der Waals surface area contributed by atoms with E-state index in [9.17, 15) is 14.4 Å². The summed E-state index contributed by atoms with van der Waals surface area (Å²) in [4.78, 5) is 36.5. The number of hydrogen-bond donors (Lipinski definition) is 1. The number of furan rings is 1. The third-order valence-electron chi connectivity index (χ3n) is 5.01. The highest BCUT2D eigenvalue weighted by Gasteiger charge is 2.29. The lowest BCUT2D eigenvalue weighted by molar-refractivity contribution is -0.132. The maximum Gasteiger partial charge on any atom is 0.375 e. The van der Waals surface area contributed by atoms with Crippen molar-refractivity contribution < 1.29 is 28.3 Å². The second-order valence-electron chi connectivity index (χ2n) is 7.75. The van der Waals surface area contributed by atoms with Crippen molar-refractivity contribution in [3.05, 3.63) is 47.7 Å². The van der Waals surface area contributed by atoms with Gasteiger partial charge in [0.05, 0.1) is 6.10 Å². The Bertz CT molecular complexity index is 893. The molecule has 1 amide bonds. The number of hydrogen-bond acceptors (Lipinski definition) is 6. The minimum atomic E-state index is -0.928. The van der Waals surface area contributed by atoms with Crippen LogP contribution in [0.4, 0.5) is 0 Å². The van der Waals surface area contributed by atoms with E-state index in [0.717, 1.165) is 18.4 Å². The van der Waals surface area contributed by atoms with Crippen molar-refractivity contribution in [2.75, 3.05) is 13.2 Å². The summed E-state index contributed by atoms with van der Waals surface area (Å²) in [6, 6.07) is 10.1. The van der Waals surface area contributed by atoms with Crippen molar-refractivity contribution in [3.8, 4) is 11.3 Å². The minimum Gasteiger partial charge on any atom is -0.449 e. The number of ketones is 1. The number of Topliss-reactive ketones (excluding diaryl/α,β-unsaturated/α-hetero) is 1. The molecule has 0 spiro atoms. The van der Waals surface area contributed by atoms with E-state index in [-0.39, 0.29) is 29.5 Å². The second kappa shape index (κ2) is 9.71. The molecule has 3 rings (SSSR count). The first kappa shape index (κ1) is 21.8. The molecule has 160 valence electrons.